The van der Waals surface area contributed by atoms with Crippen LogP contribution in [0, 0.1) is 0 Å². The van der Waals surface area contributed by atoms with E-state index in [1.165, 1.54) is 23.3 Å². The Hall–Kier alpha value is -1.21. The highest BCUT2D eigenvalue weighted by Crippen LogP contribution is 2.24. The van der Waals surface area contributed by atoms with Crippen molar-refractivity contribution in [1.82, 2.24) is 4.72 Å². The smallest absolute Gasteiger partial charge is 0.240 e. The Kier molecular flexibility index (Phi) is 5.16. The number of sulfonamides is 1. The van der Waals surface area contributed by atoms with Crippen molar-refractivity contribution < 1.29 is 13.5 Å². The van der Waals surface area contributed by atoms with E-state index in [0.717, 1.165) is 29.7 Å². The van der Waals surface area contributed by atoms with Crippen molar-refractivity contribution in [2.45, 2.75) is 43.1 Å². The van der Waals surface area contributed by atoms with Crippen molar-refractivity contribution in [2.75, 3.05) is 6.54 Å². The second-order valence-corrected chi connectivity index (χ2v) is 8.60. The third-order valence-electron chi connectivity index (χ3n) is 4.21. The van der Waals surface area contributed by atoms with Gasteiger partial charge in [0.15, 0.2) is 0 Å². The van der Waals surface area contributed by atoms with Gasteiger partial charge in [-0.2, -0.15) is 0 Å². The van der Waals surface area contributed by atoms with Crippen LogP contribution in [-0.2, 0) is 22.9 Å². The van der Waals surface area contributed by atoms with E-state index in [1.807, 2.05) is 23.6 Å². The highest BCUT2D eigenvalue weighted by atomic mass is 32.2. The summed E-state index contributed by atoms with van der Waals surface area (Å²) in [6.45, 7) is 0.221. The molecule has 124 valence electrons. The summed E-state index contributed by atoms with van der Waals surface area (Å²) >= 11 is 1.47. The molecule has 0 spiro atoms. The van der Waals surface area contributed by atoms with Gasteiger partial charge in [-0.1, -0.05) is 12.1 Å². The van der Waals surface area contributed by atoms with E-state index in [1.54, 1.807) is 12.1 Å². The molecule has 0 amide bonds. The van der Waals surface area contributed by atoms with Crippen molar-refractivity contribution in [3.8, 4) is 0 Å². The zero-order chi connectivity index (χ0) is 16.3. The molecule has 1 unspecified atom stereocenters. The van der Waals surface area contributed by atoms with Crippen molar-refractivity contribution >= 4 is 21.4 Å². The Morgan fingerprint density at radius 1 is 1.17 bits per heavy atom. The highest BCUT2D eigenvalue weighted by molar-refractivity contribution is 7.89. The Labute approximate surface area is 141 Å². The van der Waals surface area contributed by atoms with Gasteiger partial charge in [0.05, 0.1) is 11.0 Å². The van der Waals surface area contributed by atoms with Gasteiger partial charge in [-0.25, -0.2) is 13.1 Å². The summed E-state index contributed by atoms with van der Waals surface area (Å²) < 4.78 is 27.4. The van der Waals surface area contributed by atoms with Crippen LogP contribution in [0.3, 0.4) is 0 Å². The molecule has 1 aliphatic carbocycles. The van der Waals surface area contributed by atoms with Gasteiger partial charge in [-0.15, -0.1) is 11.3 Å². The van der Waals surface area contributed by atoms with Crippen LogP contribution in [0.2, 0.25) is 0 Å². The van der Waals surface area contributed by atoms with Gasteiger partial charge in [0.25, 0.3) is 0 Å². The molecule has 0 aliphatic heterocycles. The molecular formula is C17H21NO3S2. The number of nitrogens with one attached hydrogen (secondary N) is 1. The molecule has 2 N–H and O–H groups in total. The molecule has 1 aromatic heterocycles. The quantitative estimate of drug-likeness (QED) is 0.841. The van der Waals surface area contributed by atoms with Crippen LogP contribution in [0.4, 0.5) is 0 Å². The lowest BCUT2D eigenvalue weighted by Crippen LogP contribution is -2.26. The molecule has 0 fully saturated rings. The van der Waals surface area contributed by atoms with Crippen LogP contribution in [0.1, 0.15) is 41.4 Å². The lowest BCUT2D eigenvalue weighted by Gasteiger charge is -2.17. The van der Waals surface area contributed by atoms with Crippen molar-refractivity contribution in [1.29, 1.82) is 0 Å². The number of aryl methyl sites for hydroxylation is 2. The fourth-order valence-corrected chi connectivity index (χ4v) is 4.76. The maximum Gasteiger partial charge on any atom is 0.240 e. The number of benzene rings is 1. The minimum Gasteiger partial charge on any atom is -0.388 e. The van der Waals surface area contributed by atoms with Gasteiger partial charge in [0, 0.05) is 11.4 Å². The molecule has 1 aromatic carbocycles. The van der Waals surface area contributed by atoms with Crippen LogP contribution in [0.15, 0.2) is 40.6 Å². The summed E-state index contributed by atoms with van der Waals surface area (Å²) in [5, 5.41) is 11.9. The predicted octanol–water partition coefficient (Wildman–Crippen LogP) is 3.03. The van der Waals surface area contributed by atoms with E-state index in [2.05, 4.69) is 4.72 Å². The number of hydrogen-bond acceptors (Lipinski definition) is 4. The number of hydrogen-bond donors (Lipinski definition) is 2. The van der Waals surface area contributed by atoms with Crippen LogP contribution >= 0.6 is 11.3 Å². The molecule has 6 heteroatoms. The molecule has 0 bridgehead atoms. The van der Waals surface area contributed by atoms with Gasteiger partial charge in [-0.05, 0) is 66.8 Å². The largest absolute Gasteiger partial charge is 0.388 e. The zero-order valence-corrected chi connectivity index (χ0v) is 14.5. The minimum atomic E-state index is -3.52. The SMILES string of the molecule is O=S(=O)(NCCC(O)c1cccs1)c1ccc2c(c1)CCCC2. The Morgan fingerprint density at radius 3 is 2.70 bits per heavy atom. The number of fused-ring (bicyclic) bond motifs is 1. The van der Waals surface area contributed by atoms with Crippen LogP contribution < -0.4 is 4.72 Å². The summed E-state index contributed by atoms with van der Waals surface area (Å²) in [5.41, 5.74) is 2.42. The molecule has 1 atom stereocenters. The summed E-state index contributed by atoms with van der Waals surface area (Å²) in [4.78, 5) is 1.18. The monoisotopic (exact) mass is 351 g/mol. The normalized spacial score (nSPS) is 16.0. The predicted molar refractivity (Wildman–Crippen MR) is 92.2 cm³/mol. The molecule has 2 aromatic rings. The molecule has 0 saturated carbocycles. The average molecular weight is 351 g/mol. The first kappa shape index (κ1) is 16.6. The summed E-state index contributed by atoms with van der Waals surface area (Å²) in [6, 6.07) is 9.14. The van der Waals surface area contributed by atoms with E-state index in [9.17, 15) is 13.5 Å². The van der Waals surface area contributed by atoms with Gasteiger partial charge in [0.1, 0.15) is 0 Å². The Morgan fingerprint density at radius 2 is 1.96 bits per heavy atom. The van der Waals surface area contributed by atoms with E-state index in [4.69, 9.17) is 0 Å². The first-order chi connectivity index (χ1) is 11.1. The van der Waals surface area contributed by atoms with Crippen LogP contribution in [0.5, 0.6) is 0 Å². The Bertz CT molecular complexity index is 754. The number of aliphatic hydroxyl groups excluding tert-OH is 1. The molecule has 1 aliphatic rings. The molecular weight excluding hydrogens is 330 g/mol. The van der Waals surface area contributed by atoms with Crippen LogP contribution in [0.25, 0.3) is 0 Å². The Balaban J connectivity index is 1.63. The van der Waals surface area contributed by atoms with Gasteiger partial charge in [-0.3, -0.25) is 0 Å². The molecule has 4 nitrogen and oxygen atoms in total. The number of thiophene rings is 1. The van der Waals surface area contributed by atoms with E-state index < -0.39 is 16.1 Å². The molecule has 0 saturated heterocycles. The maximum atomic E-state index is 12.4. The van der Waals surface area contributed by atoms with Crippen molar-refractivity contribution in [3.05, 3.63) is 51.7 Å². The van der Waals surface area contributed by atoms with E-state index in [-0.39, 0.29) is 6.54 Å². The lowest BCUT2D eigenvalue weighted by atomic mass is 9.92. The molecule has 23 heavy (non-hydrogen) atoms. The maximum absolute atomic E-state index is 12.4. The molecule has 0 radical (unpaired) electrons. The van der Waals surface area contributed by atoms with E-state index in [0.29, 0.717) is 11.3 Å². The minimum absolute atomic E-state index is 0.221. The fourth-order valence-electron chi connectivity index (χ4n) is 2.91. The topological polar surface area (TPSA) is 66.4 Å². The zero-order valence-electron chi connectivity index (χ0n) is 12.9. The first-order valence-electron chi connectivity index (χ1n) is 7.89. The summed E-state index contributed by atoms with van der Waals surface area (Å²) in [6.07, 6.45) is 4.03. The second-order valence-electron chi connectivity index (χ2n) is 5.86. The van der Waals surface area contributed by atoms with Crippen LogP contribution in [-0.4, -0.2) is 20.1 Å². The lowest BCUT2D eigenvalue weighted by molar-refractivity contribution is 0.173. The van der Waals surface area contributed by atoms with Gasteiger partial charge < -0.3 is 5.11 Å². The standard InChI is InChI=1S/C17H21NO3S2/c19-16(17-6-3-11-22-17)9-10-18-23(20,21)15-8-7-13-4-1-2-5-14(13)12-15/h3,6-8,11-12,16,18-19H,1-2,4-5,9-10H2. The number of aliphatic hydroxyl groups is 1. The average Bonchev–Trinajstić information content (AvgIpc) is 3.08. The second kappa shape index (κ2) is 7.13. The fraction of sp³-hybridized carbons (Fsp3) is 0.412. The molecule has 1 heterocycles. The van der Waals surface area contributed by atoms with Gasteiger partial charge in [0.2, 0.25) is 10.0 Å². The number of rotatable bonds is 6. The summed E-state index contributed by atoms with van der Waals surface area (Å²) in [5.74, 6) is 0. The molecule has 3 rings (SSSR count). The first-order valence-corrected chi connectivity index (χ1v) is 10.3. The van der Waals surface area contributed by atoms with E-state index >= 15 is 0 Å². The van der Waals surface area contributed by atoms with Gasteiger partial charge >= 0.3 is 0 Å². The van der Waals surface area contributed by atoms with Crippen molar-refractivity contribution in [3.63, 3.8) is 0 Å². The summed E-state index contributed by atoms with van der Waals surface area (Å²) in [7, 11) is -3.52. The van der Waals surface area contributed by atoms with Crippen molar-refractivity contribution in [2.24, 2.45) is 0 Å². The third kappa shape index (κ3) is 4.01. The third-order valence-corrected chi connectivity index (χ3v) is 6.64. The highest BCUT2D eigenvalue weighted by Gasteiger charge is 2.18.